The maximum absolute atomic E-state index is 10.4. The monoisotopic (exact) mass is 294 g/mol. The highest BCUT2D eigenvalue weighted by Gasteiger charge is 2.11. The molecule has 1 atom stereocenters. The first-order valence-corrected chi connectivity index (χ1v) is 8.17. The van der Waals surface area contributed by atoms with Gasteiger partial charge in [0.05, 0.1) is 0 Å². The van der Waals surface area contributed by atoms with Crippen molar-refractivity contribution in [3.63, 3.8) is 0 Å². The van der Waals surface area contributed by atoms with Gasteiger partial charge in [-0.1, -0.05) is 44.3 Å². The van der Waals surface area contributed by atoms with Gasteiger partial charge in [-0.2, -0.15) is 0 Å². The van der Waals surface area contributed by atoms with Crippen LogP contribution < -0.4 is 0 Å². The molecule has 0 aromatic rings. The zero-order valence-corrected chi connectivity index (χ0v) is 13.1. The van der Waals surface area contributed by atoms with Gasteiger partial charge < -0.3 is 10.2 Å². The van der Waals surface area contributed by atoms with Gasteiger partial charge in [0, 0.05) is 6.42 Å². The SMILES string of the molecule is C#CCCCCCC/C=C\CCCCCC[C@H](O)C(=O)O. The Hall–Kier alpha value is -1.27. The molecule has 0 aromatic carbocycles. The third kappa shape index (κ3) is 14.9. The van der Waals surface area contributed by atoms with Crippen LogP contribution in [0.2, 0.25) is 0 Å². The van der Waals surface area contributed by atoms with Gasteiger partial charge in [0.1, 0.15) is 0 Å². The fraction of sp³-hybridized carbons (Fsp3) is 0.722. The summed E-state index contributed by atoms with van der Waals surface area (Å²) in [7, 11) is 0. The lowest BCUT2D eigenvalue weighted by molar-refractivity contribution is -0.146. The molecule has 0 amide bonds. The number of hydrogen-bond acceptors (Lipinski definition) is 2. The summed E-state index contributed by atoms with van der Waals surface area (Å²) in [5, 5.41) is 17.6. The predicted octanol–water partition coefficient (Wildman–Crippen LogP) is 4.30. The van der Waals surface area contributed by atoms with Crippen LogP contribution in [0, 0.1) is 12.3 Å². The van der Waals surface area contributed by atoms with Crippen LogP contribution in [0.25, 0.3) is 0 Å². The van der Waals surface area contributed by atoms with Crippen LogP contribution in [-0.4, -0.2) is 22.3 Å². The van der Waals surface area contributed by atoms with Crippen molar-refractivity contribution >= 4 is 5.97 Å². The fourth-order valence-corrected chi connectivity index (χ4v) is 2.16. The zero-order chi connectivity index (χ0) is 15.8. The van der Waals surface area contributed by atoms with Crippen LogP contribution in [0.5, 0.6) is 0 Å². The predicted molar refractivity (Wildman–Crippen MR) is 87.0 cm³/mol. The average molecular weight is 294 g/mol. The highest BCUT2D eigenvalue weighted by molar-refractivity contribution is 5.71. The van der Waals surface area contributed by atoms with Crippen molar-refractivity contribution in [3.8, 4) is 12.3 Å². The quantitative estimate of drug-likeness (QED) is 0.285. The first kappa shape index (κ1) is 19.7. The molecule has 0 aliphatic heterocycles. The molecule has 0 saturated carbocycles. The van der Waals surface area contributed by atoms with Gasteiger partial charge >= 0.3 is 5.97 Å². The topological polar surface area (TPSA) is 57.5 Å². The Kier molecular flexibility index (Phi) is 14.2. The minimum atomic E-state index is -1.19. The summed E-state index contributed by atoms with van der Waals surface area (Å²) in [5.74, 6) is 1.55. The number of carboxylic acids is 1. The Balaban J connectivity index is 3.19. The molecule has 21 heavy (non-hydrogen) atoms. The van der Waals surface area contributed by atoms with Crippen molar-refractivity contribution in [2.45, 2.75) is 83.2 Å². The van der Waals surface area contributed by atoms with E-state index in [0.29, 0.717) is 6.42 Å². The summed E-state index contributed by atoms with van der Waals surface area (Å²) >= 11 is 0. The minimum absolute atomic E-state index is 0.366. The Bertz CT molecular complexity index is 315. The second kappa shape index (κ2) is 15.1. The standard InChI is InChI=1S/C18H30O3/c1-2-3-4-5-6-7-8-9-10-11-12-13-14-15-16-17(19)18(20)21/h1,9-10,17,19H,3-8,11-16H2,(H,20,21)/b10-9-/t17-/m0/s1. The molecule has 0 heterocycles. The molecule has 0 aliphatic rings. The van der Waals surface area contributed by atoms with E-state index in [2.05, 4.69) is 18.1 Å². The Morgan fingerprint density at radius 1 is 0.952 bits per heavy atom. The van der Waals surface area contributed by atoms with Crippen LogP contribution in [0.15, 0.2) is 12.2 Å². The van der Waals surface area contributed by atoms with Gasteiger partial charge in [-0.05, 0) is 38.5 Å². The molecule has 120 valence electrons. The number of hydrogen-bond donors (Lipinski definition) is 2. The molecule has 0 radical (unpaired) electrons. The van der Waals surface area contributed by atoms with E-state index in [-0.39, 0.29) is 0 Å². The van der Waals surface area contributed by atoms with E-state index < -0.39 is 12.1 Å². The van der Waals surface area contributed by atoms with Crippen molar-refractivity contribution in [3.05, 3.63) is 12.2 Å². The number of aliphatic hydroxyl groups excluding tert-OH is 1. The van der Waals surface area contributed by atoms with E-state index in [0.717, 1.165) is 51.4 Å². The van der Waals surface area contributed by atoms with Crippen molar-refractivity contribution in [1.29, 1.82) is 0 Å². The van der Waals surface area contributed by atoms with Crippen LogP contribution in [0.1, 0.15) is 77.0 Å². The van der Waals surface area contributed by atoms with Gasteiger partial charge in [0.15, 0.2) is 6.10 Å². The molecular weight excluding hydrogens is 264 g/mol. The normalized spacial score (nSPS) is 12.4. The van der Waals surface area contributed by atoms with Crippen LogP contribution in [0.4, 0.5) is 0 Å². The Morgan fingerprint density at radius 3 is 2.00 bits per heavy atom. The van der Waals surface area contributed by atoms with Crippen LogP contribution in [0.3, 0.4) is 0 Å². The number of aliphatic carboxylic acids is 1. The second-order valence-corrected chi connectivity index (χ2v) is 5.47. The second-order valence-electron chi connectivity index (χ2n) is 5.47. The van der Waals surface area contributed by atoms with Crippen molar-refractivity contribution < 1.29 is 15.0 Å². The lowest BCUT2D eigenvalue weighted by Gasteiger charge is -2.04. The lowest BCUT2D eigenvalue weighted by Crippen LogP contribution is -2.18. The van der Waals surface area contributed by atoms with Gasteiger partial charge in [0.25, 0.3) is 0 Å². The Morgan fingerprint density at radius 2 is 1.48 bits per heavy atom. The fourth-order valence-electron chi connectivity index (χ4n) is 2.16. The van der Waals surface area contributed by atoms with E-state index in [4.69, 9.17) is 16.6 Å². The largest absolute Gasteiger partial charge is 0.479 e. The lowest BCUT2D eigenvalue weighted by atomic mass is 10.1. The number of unbranched alkanes of at least 4 members (excludes halogenated alkanes) is 9. The van der Waals surface area contributed by atoms with Crippen LogP contribution in [-0.2, 0) is 4.79 Å². The molecule has 0 aromatic heterocycles. The van der Waals surface area contributed by atoms with Gasteiger partial charge in [0.2, 0.25) is 0 Å². The minimum Gasteiger partial charge on any atom is -0.479 e. The molecule has 2 N–H and O–H groups in total. The maximum Gasteiger partial charge on any atom is 0.332 e. The summed E-state index contributed by atoms with van der Waals surface area (Å²) in [5.41, 5.74) is 0. The third-order valence-corrected chi connectivity index (χ3v) is 3.49. The Labute approximate surface area is 129 Å². The molecule has 0 unspecified atom stereocenters. The van der Waals surface area contributed by atoms with Crippen LogP contribution >= 0.6 is 0 Å². The van der Waals surface area contributed by atoms with Gasteiger partial charge in [-0.25, -0.2) is 4.79 Å². The molecule has 0 aliphatic carbocycles. The number of carbonyl (C=O) groups is 1. The number of rotatable bonds is 14. The van der Waals surface area contributed by atoms with E-state index in [1.807, 2.05) is 0 Å². The molecule has 0 spiro atoms. The molecular formula is C18H30O3. The molecule has 0 fully saturated rings. The first-order valence-electron chi connectivity index (χ1n) is 8.17. The molecule has 3 heteroatoms. The van der Waals surface area contributed by atoms with E-state index in [9.17, 15) is 4.79 Å². The molecule has 0 bridgehead atoms. The van der Waals surface area contributed by atoms with E-state index in [1.165, 1.54) is 19.3 Å². The number of terminal acetylenes is 1. The van der Waals surface area contributed by atoms with E-state index >= 15 is 0 Å². The van der Waals surface area contributed by atoms with Gasteiger partial charge in [-0.3, -0.25) is 0 Å². The maximum atomic E-state index is 10.4. The third-order valence-electron chi connectivity index (χ3n) is 3.49. The van der Waals surface area contributed by atoms with Crippen molar-refractivity contribution in [1.82, 2.24) is 0 Å². The summed E-state index contributed by atoms with van der Waals surface area (Å²) < 4.78 is 0. The molecule has 3 nitrogen and oxygen atoms in total. The number of allylic oxidation sites excluding steroid dienone is 2. The molecule has 0 saturated heterocycles. The first-order chi connectivity index (χ1) is 10.2. The summed E-state index contributed by atoms with van der Waals surface area (Å²) in [6, 6.07) is 0. The zero-order valence-electron chi connectivity index (χ0n) is 13.1. The van der Waals surface area contributed by atoms with E-state index in [1.54, 1.807) is 0 Å². The molecule has 0 rings (SSSR count). The average Bonchev–Trinajstić information content (AvgIpc) is 2.47. The summed E-state index contributed by atoms with van der Waals surface area (Å²) in [6.45, 7) is 0. The van der Waals surface area contributed by atoms with Crippen molar-refractivity contribution in [2.24, 2.45) is 0 Å². The number of aliphatic hydroxyl groups is 1. The number of carboxylic acid groups (broad SMARTS) is 1. The smallest absolute Gasteiger partial charge is 0.332 e. The van der Waals surface area contributed by atoms with Gasteiger partial charge in [-0.15, -0.1) is 12.3 Å². The van der Waals surface area contributed by atoms with Crippen molar-refractivity contribution in [2.75, 3.05) is 0 Å². The highest BCUT2D eigenvalue weighted by Crippen LogP contribution is 2.09. The highest BCUT2D eigenvalue weighted by atomic mass is 16.4. The summed E-state index contributed by atoms with van der Waals surface area (Å²) in [6.07, 6.45) is 20.9. The summed E-state index contributed by atoms with van der Waals surface area (Å²) in [4.78, 5) is 10.4.